The molecule has 14 heavy (non-hydrogen) atoms. The van der Waals surface area contributed by atoms with E-state index in [4.69, 9.17) is 24.4 Å². The molecule has 2 aromatic heterocycles. The van der Waals surface area contributed by atoms with Gasteiger partial charge in [0.05, 0.1) is 0 Å². The van der Waals surface area contributed by atoms with Gasteiger partial charge in [-0.3, -0.25) is 4.98 Å². The number of aromatic nitrogens is 4. The molecule has 0 saturated carbocycles. The summed E-state index contributed by atoms with van der Waals surface area (Å²) in [6.07, 6.45) is 3.38. The lowest BCUT2D eigenvalue weighted by Crippen LogP contribution is -1.92. The van der Waals surface area contributed by atoms with E-state index in [0.717, 1.165) is 5.56 Å². The zero-order valence-electron chi connectivity index (χ0n) is 7.02. The Morgan fingerprint density at radius 2 is 1.79 bits per heavy atom. The van der Waals surface area contributed by atoms with Crippen molar-refractivity contribution in [2.45, 2.75) is 0 Å². The number of nitrogens with zero attached hydrogens (tertiary/aromatic N) is 2. The van der Waals surface area contributed by atoms with E-state index in [-0.39, 0.29) is 0 Å². The predicted octanol–water partition coefficient (Wildman–Crippen LogP) is 2.26. The summed E-state index contributed by atoms with van der Waals surface area (Å²) in [5.74, 6) is 0.654. The largest absolute Gasteiger partial charge is 0.317 e. The van der Waals surface area contributed by atoms with Gasteiger partial charge in [0.25, 0.3) is 0 Å². The number of H-pyrrole nitrogens is 2. The monoisotopic (exact) mass is 222 g/mol. The van der Waals surface area contributed by atoms with Gasteiger partial charge >= 0.3 is 0 Å². The summed E-state index contributed by atoms with van der Waals surface area (Å²) in [7, 11) is 0. The molecule has 0 aliphatic carbocycles. The van der Waals surface area contributed by atoms with Crippen molar-refractivity contribution in [3.05, 3.63) is 34.1 Å². The third-order valence-corrected chi connectivity index (χ3v) is 2.02. The first-order chi connectivity index (χ1) is 6.75. The minimum Gasteiger partial charge on any atom is -0.317 e. The van der Waals surface area contributed by atoms with E-state index in [9.17, 15) is 0 Å². The van der Waals surface area contributed by atoms with Gasteiger partial charge in [0.1, 0.15) is 5.82 Å². The number of hydrogen-bond acceptors (Lipinski definition) is 4. The van der Waals surface area contributed by atoms with Gasteiger partial charge in [-0.25, -0.2) is 4.98 Å². The molecule has 0 fully saturated rings. The lowest BCUT2D eigenvalue weighted by Gasteiger charge is -1.98. The lowest BCUT2D eigenvalue weighted by molar-refractivity contribution is 1.01. The molecule has 2 aromatic rings. The van der Waals surface area contributed by atoms with E-state index in [0.29, 0.717) is 15.4 Å². The van der Waals surface area contributed by atoms with Crippen molar-refractivity contribution in [1.29, 1.82) is 0 Å². The van der Waals surface area contributed by atoms with Crippen LogP contribution >= 0.6 is 24.4 Å². The molecule has 0 unspecified atom stereocenters. The maximum Gasteiger partial charge on any atom is 0.200 e. The molecular weight excluding hydrogens is 216 g/mol. The molecule has 2 rings (SSSR count). The molecule has 2 N–H and O–H groups in total. The molecule has 6 heteroatoms. The summed E-state index contributed by atoms with van der Waals surface area (Å²) in [6.45, 7) is 0. The third kappa shape index (κ3) is 1.91. The average molecular weight is 222 g/mol. The molecule has 0 bridgehead atoms. The van der Waals surface area contributed by atoms with E-state index in [1.54, 1.807) is 12.4 Å². The van der Waals surface area contributed by atoms with Crippen LogP contribution in [0, 0.1) is 9.54 Å². The molecule has 0 amide bonds. The number of aromatic amines is 2. The van der Waals surface area contributed by atoms with Gasteiger partial charge in [-0.15, -0.1) is 0 Å². The van der Waals surface area contributed by atoms with E-state index < -0.39 is 0 Å². The van der Waals surface area contributed by atoms with Crippen molar-refractivity contribution in [2.75, 3.05) is 0 Å². The summed E-state index contributed by atoms with van der Waals surface area (Å²) >= 11 is 9.87. The van der Waals surface area contributed by atoms with Crippen molar-refractivity contribution in [2.24, 2.45) is 0 Å². The SMILES string of the molecule is S=c1nc(-c2ccncc2)[nH]c(=S)[nH]1. The highest BCUT2D eigenvalue weighted by atomic mass is 32.1. The van der Waals surface area contributed by atoms with E-state index >= 15 is 0 Å². The van der Waals surface area contributed by atoms with Crippen molar-refractivity contribution in [3.8, 4) is 11.4 Å². The first kappa shape index (κ1) is 9.17. The second kappa shape index (κ2) is 3.77. The maximum atomic E-state index is 4.95. The lowest BCUT2D eigenvalue weighted by atomic mass is 10.2. The summed E-state index contributed by atoms with van der Waals surface area (Å²) in [6, 6.07) is 3.67. The molecule has 0 saturated heterocycles. The first-order valence-electron chi connectivity index (χ1n) is 3.87. The standard InChI is InChI=1S/C8H6N4S2/c13-7-10-6(11-8(14)12-7)5-1-3-9-4-2-5/h1-4H,(H2,10,11,12,13,14). The average Bonchev–Trinajstić information content (AvgIpc) is 2.18. The molecular formula is C8H6N4S2. The zero-order chi connectivity index (χ0) is 9.97. The highest BCUT2D eigenvalue weighted by Gasteiger charge is 1.97. The van der Waals surface area contributed by atoms with Gasteiger partial charge in [-0.2, -0.15) is 0 Å². The molecule has 4 nitrogen and oxygen atoms in total. The van der Waals surface area contributed by atoms with Gasteiger partial charge in [0.2, 0.25) is 4.77 Å². The maximum absolute atomic E-state index is 4.95. The van der Waals surface area contributed by atoms with Crippen LogP contribution in [0.15, 0.2) is 24.5 Å². The molecule has 0 aromatic carbocycles. The van der Waals surface area contributed by atoms with Crippen molar-refractivity contribution < 1.29 is 0 Å². The van der Waals surface area contributed by atoms with Gasteiger partial charge < -0.3 is 9.97 Å². The van der Waals surface area contributed by atoms with Gasteiger partial charge in [0.15, 0.2) is 4.77 Å². The quantitative estimate of drug-likeness (QED) is 0.727. The summed E-state index contributed by atoms with van der Waals surface area (Å²) in [5.41, 5.74) is 0.909. The molecule has 2 heterocycles. The van der Waals surface area contributed by atoms with Crippen LogP contribution in [0.5, 0.6) is 0 Å². The fourth-order valence-corrected chi connectivity index (χ4v) is 1.49. The molecule has 0 atom stereocenters. The number of nitrogens with one attached hydrogen (secondary N) is 2. The minimum absolute atomic E-state index is 0.376. The topological polar surface area (TPSA) is 57.4 Å². The fourth-order valence-electron chi connectivity index (χ4n) is 1.04. The van der Waals surface area contributed by atoms with Crippen LogP contribution in [-0.4, -0.2) is 19.9 Å². The molecule has 0 aliphatic heterocycles. The Kier molecular flexibility index (Phi) is 2.47. The highest BCUT2D eigenvalue weighted by Crippen LogP contribution is 2.10. The minimum atomic E-state index is 0.376. The zero-order valence-corrected chi connectivity index (χ0v) is 8.65. The Labute approximate surface area is 90.1 Å². The van der Waals surface area contributed by atoms with Gasteiger partial charge in [-0.1, -0.05) is 0 Å². The Morgan fingerprint density at radius 3 is 2.43 bits per heavy atom. The Balaban J connectivity index is 2.64. The van der Waals surface area contributed by atoms with Gasteiger partial charge in [-0.05, 0) is 36.6 Å². The van der Waals surface area contributed by atoms with Crippen LogP contribution in [-0.2, 0) is 0 Å². The van der Waals surface area contributed by atoms with Crippen LogP contribution in [0.25, 0.3) is 11.4 Å². The van der Waals surface area contributed by atoms with Crippen LogP contribution in [0.4, 0.5) is 0 Å². The smallest absolute Gasteiger partial charge is 0.200 e. The Bertz CT molecular complexity index is 515. The van der Waals surface area contributed by atoms with E-state index in [1.165, 1.54) is 0 Å². The normalized spacial score (nSPS) is 10.0. The summed E-state index contributed by atoms with van der Waals surface area (Å²) in [4.78, 5) is 13.7. The van der Waals surface area contributed by atoms with Crippen LogP contribution in [0.2, 0.25) is 0 Å². The summed E-state index contributed by atoms with van der Waals surface area (Å²) in [5, 5.41) is 0. The molecule has 0 aliphatic rings. The highest BCUT2D eigenvalue weighted by molar-refractivity contribution is 7.71. The van der Waals surface area contributed by atoms with Crippen molar-refractivity contribution in [1.82, 2.24) is 19.9 Å². The third-order valence-electron chi connectivity index (χ3n) is 1.62. The van der Waals surface area contributed by atoms with Crippen molar-refractivity contribution >= 4 is 24.4 Å². The van der Waals surface area contributed by atoms with Crippen LogP contribution in [0.3, 0.4) is 0 Å². The van der Waals surface area contributed by atoms with Crippen LogP contribution in [0.1, 0.15) is 0 Å². The molecule has 70 valence electrons. The van der Waals surface area contributed by atoms with Crippen molar-refractivity contribution in [3.63, 3.8) is 0 Å². The number of rotatable bonds is 1. The van der Waals surface area contributed by atoms with E-state index in [1.807, 2.05) is 12.1 Å². The second-order valence-electron chi connectivity index (χ2n) is 2.58. The number of pyridine rings is 1. The van der Waals surface area contributed by atoms with Gasteiger partial charge in [0, 0.05) is 18.0 Å². The number of hydrogen-bond donors (Lipinski definition) is 2. The molecule has 0 radical (unpaired) electrons. The second-order valence-corrected chi connectivity index (χ2v) is 3.38. The van der Waals surface area contributed by atoms with E-state index in [2.05, 4.69) is 19.9 Å². The fraction of sp³-hybridized carbons (Fsp3) is 0. The summed E-state index contributed by atoms with van der Waals surface area (Å²) < 4.78 is 0.845. The predicted molar refractivity (Wildman–Crippen MR) is 57.8 cm³/mol. The Hall–Kier alpha value is -1.40. The Morgan fingerprint density at radius 1 is 1.07 bits per heavy atom. The first-order valence-corrected chi connectivity index (χ1v) is 4.68. The van der Waals surface area contributed by atoms with Crippen LogP contribution < -0.4 is 0 Å². The molecule has 0 spiro atoms.